The number of ether oxygens (including phenoxy) is 1. The van der Waals surface area contributed by atoms with Gasteiger partial charge in [0, 0.05) is 12.0 Å². The Bertz CT molecular complexity index is 452. The summed E-state index contributed by atoms with van der Waals surface area (Å²) in [6, 6.07) is 0.0191. The third kappa shape index (κ3) is 2.78. The molecule has 0 heterocycles. The number of benzene rings is 1. The molecule has 7 heteroatoms. The van der Waals surface area contributed by atoms with Crippen LogP contribution in [0.3, 0.4) is 0 Å². The number of hydrogen-bond donors (Lipinski definition) is 3. The molecule has 1 atom stereocenters. The third-order valence-electron chi connectivity index (χ3n) is 2.19. The molecule has 0 aliphatic rings. The SMILES string of the molecule is COc1c(CC(N)C(=O)O)cc(Cl)c(O)c1F. The Morgan fingerprint density at radius 3 is 2.76 bits per heavy atom. The highest BCUT2D eigenvalue weighted by Crippen LogP contribution is 2.36. The van der Waals surface area contributed by atoms with Gasteiger partial charge in [0.1, 0.15) is 6.04 Å². The van der Waals surface area contributed by atoms with E-state index < -0.39 is 23.6 Å². The molecule has 0 fully saturated rings. The third-order valence-corrected chi connectivity index (χ3v) is 2.48. The second kappa shape index (κ2) is 5.20. The topological polar surface area (TPSA) is 92.8 Å². The number of hydrogen-bond acceptors (Lipinski definition) is 4. The summed E-state index contributed by atoms with van der Waals surface area (Å²) in [5.41, 5.74) is 5.51. The van der Waals surface area contributed by atoms with Crippen molar-refractivity contribution >= 4 is 17.6 Å². The van der Waals surface area contributed by atoms with Crippen molar-refractivity contribution in [2.45, 2.75) is 12.5 Å². The normalized spacial score (nSPS) is 12.2. The highest BCUT2D eigenvalue weighted by Gasteiger charge is 2.21. The van der Waals surface area contributed by atoms with Gasteiger partial charge in [-0.3, -0.25) is 4.79 Å². The van der Waals surface area contributed by atoms with Gasteiger partial charge in [0.25, 0.3) is 0 Å². The first kappa shape index (κ1) is 13.5. The Kier molecular flexibility index (Phi) is 4.14. The minimum absolute atomic E-state index is 0.157. The fourth-order valence-corrected chi connectivity index (χ4v) is 1.55. The van der Waals surface area contributed by atoms with Crippen LogP contribution in [0.1, 0.15) is 5.56 Å². The van der Waals surface area contributed by atoms with E-state index in [0.717, 1.165) is 0 Å². The van der Waals surface area contributed by atoms with Crippen molar-refractivity contribution in [2.24, 2.45) is 5.73 Å². The van der Waals surface area contributed by atoms with Crippen molar-refractivity contribution in [2.75, 3.05) is 7.11 Å². The fourth-order valence-electron chi connectivity index (χ4n) is 1.34. The molecule has 0 saturated carbocycles. The summed E-state index contributed by atoms with van der Waals surface area (Å²) >= 11 is 5.58. The highest BCUT2D eigenvalue weighted by molar-refractivity contribution is 6.32. The van der Waals surface area contributed by atoms with E-state index in [1.54, 1.807) is 0 Å². The molecule has 0 radical (unpaired) electrons. The number of phenols is 1. The number of carboxylic acid groups (broad SMARTS) is 1. The van der Waals surface area contributed by atoms with Crippen LogP contribution in [0.2, 0.25) is 5.02 Å². The molecule has 0 spiro atoms. The maximum absolute atomic E-state index is 13.5. The summed E-state index contributed by atoms with van der Waals surface area (Å²) in [7, 11) is 1.20. The molecule has 0 aromatic heterocycles. The minimum atomic E-state index is -1.23. The molecular formula is C10H11ClFNO4. The Morgan fingerprint density at radius 2 is 2.29 bits per heavy atom. The molecule has 5 nitrogen and oxygen atoms in total. The highest BCUT2D eigenvalue weighted by atomic mass is 35.5. The molecule has 17 heavy (non-hydrogen) atoms. The summed E-state index contributed by atoms with van der Waals surface area (Å²) in [4.78, 5) is 10.6. The van der Waals surface area contributed by atoms with E-state index in [-0.39, 0.29) is 22.8 Å². The Hall–Kier alpha value is -1.53. The van der Waals surface area contributed by atoms with Crippen molar-refractivity contribution in [1.29, 1.82) is 0 Å². The van der Waals surface area contributed by atoms with Crippen LogP contribution in [0, 0.1) is 5.82 Å². The number of aliphatic carboxylic acids is 1. The number of carbonyl (C=O) groups is 1. The lowest BCUT2D eigenvalue weighted by molar-refractivity contribution is -0.138. The van der Waals surface area contributed by atoms with E-state index in [1.165, 1.54) is 13.2 Å². The molecule has 1 rings (SSSR count). The molecular weight excluding hydrogens is 253 g/mol. The maximum Gasteiger partial charge on any atom is 0.320 e. The number of nitrogens with two attached hydrogens (primary N) is 1. The second-order valence-corrected chi connectivity index (χ2v) is 3.77. The summed E-state index contributed by atoms with van der Waals surface area (Å²) in [6.45, 7) is 0. The van der Waals surface area contributed by atoms with Gasteiger partial charge in [0.2, 0.25) is 5.82 Å². The molecule has 0 amide bonds. The van der Waals surface area contributed by atoms with Gasteiger partial charge >= 0.3 is 5.97 Å². The van der Waals surface area contributed by atoms with Crippen LogP contribution >= 0.6 is 11.6 Å². The summed E-state index contributed by atoms with van der Waals surface area (Å²) in [5.74, 6) is -3.26. The zero-order valence-electron chi connectivity index (χ0n) is 8.91. The summed E-state index contributed by atoms with van der Waals surface area (Å²) < 4.78 is 18.3. The molecule has 4 N–H and O–H groups in total. The molecule has 0 bridgehead atoms. The van der Waals surface area contributed by atoms with Crippen molar-refractivity contribution in [3.8, 4) is 11.5 Å². The van der Waals surface area contributed by atoms with E-state index in [2.05, 4.69) is 0 Å². The molecule has 1 aromatic carbocycles. The van der Waals surface area contributed by atoms with Gasteiger partial charge in [0.15, 0.2) is 11.5 Å². The van der Waals surface area contributed by atoms with Gasteiger partial charge in [-0.15, -0.1) is 0 Å². The number of carboxylic acids is 1. The second-order valence-electron chi connectivity index (χ2n) is 3.36. The summed E-state index contributed by atoms with van der Waals surface area (Å²) in [5, 5.41) is 17.7. The van der Waals surface area contributed by atoms with Crippen molar-refractivity contribution < 1.29 is 24.1 Å². The number of methoxy groups -OCH3 is 1. The summed E-state index contributed by atoms with van der Waals surface area (Å²) in [6.07, 6.45) is -0.157. The number of aromatic hydroxyl groups is 1. The minimum Gasteiger partial charge on any atom is -0.504 e. The standard InChI is InChI=1S/C10H11ClFNO4/c1-17-9-4(3-6(13)10(15)16)2-5(11)8(14)7(9)12/h2,6,14H,3,13H2,1H3,(H,15,16). The lowest BCUT2D eigenvalue weighted by atomic mass is 10.0. The van der Waals surface area contributed by atoms with E-state index in [1.807, 2.05) is 0 Å². The van der Waals surface area contributed by atoms with Crippen LogP contribution in [-0.4, -0.2) is 29.3 Å². The quantitative estimate of drug-likeness (QED) is 0.758. The lowest BCUT2D eigenvalue weighted by Crippen LogP contribution is -2.32. The largest absolute Gasteiger partial charge is 0.504 e. The lowest BCUT2D eigenvalue weighted by Gasteiger charge is -2.13. The number of halogens is 2. The van der Waals surface area contributed by atoms with E-state index in [4.69, 9.17) is 27.2 Å². The van der Waals surface area contributed by atoms with Gasteiger partial charge in [0.05, 0.1) is 12.1 Å². The van der Waals surface area contributed by atoms with Crippen molar-refractivity contribution in [3.63, 3.8) is 0 Å². The number of rotatable bonds is 4. The van der Waals surface area contributed by atoms with Crippen LogP contribution in [-0.2, 0) is 11.2 Å². The van der Waals surface area contributed by atoms with E-state index in [9.17, 15) is 14.3 Å². The average Bonchev–Trinajstić information content (AvgIpc) is 2.26. The predicted molar refractivity (Wildman–Crippen MR) is 58.9 cm³/mol. The first-order valence-corrected chi connectivity index (χ1v) is 4.98. The van der Waals surface area contributed by atoms with Crippen LogP contribution in [0.4, 0.5) is 4.39 Å². The monoisotopic (exact) mass is 263 g/mol. The number of phenolic OH excluding ortho intramolecular Hbond substituents is 1. The smallest absolute Gasteiger partial charge is 0.320 e. The molecule has 0 saturated heterocycles. The Balaban J connectivity index is 3.19. The first-order chi connectivity index (χ1) is 7.88. The fraction of sp³-hybridized carbons (Fsp3) is 0.300. The van der Waals surface area contributed by atoms with E-state index >= 15 is 0 Å². The average molecular weight is 264 g/mol. The van der Waals surface area contributed by atoms with Gasteiger partial charge in [-0.2, -0.15) is 4.39 Å². The molecule has 0 aliphatic carbocycles. The van der Waals surface area contributed by atoms with Crippen molar-refractivity contribution in [3.05, 3.63) is 22.5 Å². The maximum atomic E-state index is 13.5. The van der Waals surface area contributed by atoms with Crippen LogP contribution < -0.4 is 10.5 Å². The van der Waals surface area contributed by atoms with Crippen molar-refractivity contribution in [1.82, 2.24) is 0 Å². The molecule has 1 aromatic rings. The molecule has 0 aliphatic heterocycles. The van der Waals surface area contributed by atoms with Gasteiger partial charge in [-0.05, 0) is 6.07 Å². The van der Waals surface area contributed by atoms with Gasteiger partial charge in [-0.25, -0.2) is 0 Å². The Morgan fingerprint density at radius 1 is 1.71 bits per heavy atom. The van der Waals surface area contributed by atoms with E-state index in [0.29, 0.717) is 0 Å². The molecule has 94 valence electrons. The zero-order valence-corrected chi connectivity index (χ0v) is 9.66. The first-order valence-electron chi connectivity index (χ1n) is 4.60. The zero-order chi connectivity index (χ0) is 13.2. The predicted octanol–water partition coefficient (Wildman–Crippen LogP) is 1.15. The van der Waals surface area contributed by atoms with Crippen LogP contribution in [0.5, 0.6) is 11.5 Å². The Labute approximate surface area is 102 Å². The molecule has 1 unspecified atom stereocenters. The van der Waals surface area contributed by atoms with Gasteiger partial charge in [-0.1, -0.05) is 11.6 Å². The van der Waals surface area contributed by atoms with Gasteiger partial charge < -0.3 is 20.7 Å². The van der Waals surface area contributed by atoms with Crippen LogP contribution in [0.25, 0.3) is 0 Å². The van der Waals surface area contributed by atoms with Crippen LogP contribution in [0.15, 0.2) is 6.07 Å².